The fourth-order valence-electron chi connectivity index (χ4n) is 1.92. The average Bonchev–Trinajstić information content (AvgIpc) is 2.84. The molecule has 1 aliphatic rings. The van der Waals surface area contributed by atoms with Crippen LogP contribution in [-0.2, 0) is 10.1 Å². The van der Waals surface area contributed by atoms with Crippen LogP contribution < -0.4 is 4.74 Å². The molecule has 1 fully saturated rings. The molecule has 0 bridgehead atoms. The van der Waals surface area contributed by atoms with Gasteiger partial charge in [0.25, 0.3) is 0 Å². The van der Waals surface area contributed by atoms with Crippen LogP contribution in [0.4, 0.5) is 4.39 Å². The molecule has 1 aliphatic heterocycles. The van der Waals surface area contributed by atoms with Crippen LogP contribution in [0.1, 0.15) is 24.8 Å². The van der Waals surface area contributed by atoms with Crippen molar-refractivity contribution in [3.63, 3.8) is 0 Å². The molecule has 4 heteroatoms. The Labute approximate surface area is 109 Å². The molecule has 0 aromatic heterocycles. The summed E-state index contributed by atoms with van der Waals surface area (Å²) in [7, 11) is 0. The lowest BCUT2D eigenvalue weighted by Crippen LogP contribution is -2.11. The number of hydrogen-bond donors (Lipinski definition) is 0. The van der Waals surface area contributed by atoms with Crippen molar-refractivity contribution >= 4 is 15.9 Å². The Hall–Kier alpha value is -0.610. The van der Waals surface area contributed by atoms with Gasteiger partial charge >= 0.3 is 0 Å². The van der Waals surface area contributed by atoms with E-state index in [1.807, 2.05) is 6.07 Å². The molecule has 2 nitrogen and oxygen atoms in total. The Morgan fingerprint density at radius 1 is 1.47 bits per heavy atom. The van der Waals surface area contributed by atoms with E-state index < -0.39 is 0 Å². The molecule has 0 N–H and O–H groups in total. The molecule has 0 radical (unpaired) electrons. The summed E-state index contributed by atoms with van der Waals surface area (Å²) in [5.74, 6) is 0.0296. The first kappa shape index (κ1) is 12.8. The third-order valence-corrected chi connectivity index (χ3v) is 3.52. The van der Waals surface area contributed by atoms with E-state index in [2.05, 4.69) is 15.9 Å². The van der Waals surface area contributed by atoms with Gasteiger partial charge in [-0.05, 0) is 30.5 Å². The molecule has 1 aromatic carbocycles. The lowest BCUT2D eigenvalue weighted by molar-refractivity contribution is 0.0897. The molecule has 0 spiro atoms. The summed E-state index contributed by atoms with van der Waals surface area (Å²) in [6.07, 6.45) is 3.34. The number of hydrogen-bond acceptors (Lipinski definition) is 2. The Morgan fingerprint density at radius 3 is 3.00 bits per heavy atom. The number of halogens is 2. The van der Waals surface area contributed by atoms with E-state index in [-0.39, 0.29) is 5.82 Å². The van der Waals surface area contributed by atoms with E-state index in [4.69, 9.17) is 9.47 Å². The van der Waals surface area contributed by atoms with E-state index in [0.29, 0.717) is 23.8 Å². The van der Waals surface area contributed by atoms with Crippen molar-refractivity contribution in [3.8, 4) is 5.75 Å². The third kappa shape index (κ3) is 3.68. The second-order valence-corrected chi connectivity index (χ2v) is 4.73. The Bertz CT molecular complexity index is 364. The SMILES string of the molecule is Fc1cc(CBr)ccc1OCCC1CCCO1. The molecule has 1 aromatic rings. The molecule has 1 heterocycles. The van der Waals surface area contributed by atoms with Crippen LogP contribution in [-0.4, -0.2) is 19.3 Å². The first-order valence-electron chi connectivity index (χ1n) is 5.88. The van der Waals surface area contributed by atoms with E-state index in [0.717, 1.165) is 31.4 Å². The summed E-state index contributed by atoms with van der Waals surface area (Å²) in [6, 6.07) is 5.04. The quantitative estimate of drug-likeness (QED) is 0.773. The van der Waals surface area contributed by atoms with Gasteiger partial charge in [0, 0.05) is 18.4 Å². The number of alkyl halides is 1. The lowest BCUT2D eigenvalue weighted by atomic mass is 10.2. The van der Waals surface area contributed by atoms with Crippen LogP contribution in [0, 0.1) is 5.82 Å². The molecule has 0 saturated carbocycles. The zero-order valence-corrected chi connectivity index (χ0v) is 11.2. The molecule has 17 heavy (non-hydrogen) atoms. The molecular formula is C13H16BrFO2. The topological polar surface area (TPSA) is 18.5 Å². The van der Waals surface area contributed by atoms with Crippen molar-refractivity contribution in [2.75, 3.05) is 13.2 Å². The van der Waals surface area contributed by atoms with Crippen molar-refractivity contribution < 1.29 is 13.9 Å². The Balaban J connectivity index is 1.81. The van der Waals surface area contributed by atoms with Crippen molar-refractivity contribution in [3.05, 3.63) is 29.6 Å². The highest BCUT2D eigenvalue weighted by Gasteiger charge is 2.15. The van der Waals surface area contributed by atoms with Gasteiger partial charge in [0.1, 0.15) is 0 Å². The second kappa shape index (κ2) is 6.36. The average molecular weight is 303 g/mol. The van der Waals surface area contributed by atoms with Crippen molar-refractivity contribution in [1.29, 1.82) is 0 Å². The summed E-state index contributed by atoms with van der Waals surface area (Å²) in [5.41, 5.74) is 0.911. The standard InChI is InChI=1S/C13H16BrFO2/c14-9-10-3-4-13(12(15)8-10)17-7-5-11-2-1-6-16-11/h3-4,8,11H,1-2,5-7,9H2. The van der Waals surface area contributed by atoms with Crippen LogP contribution in [0.3, 0.4) is 0 Å². The van der Waals surface area contributed by atoms with Crippen molar-refractivity contribution in [2.24, 2.45) is 0 Å². The van der Waals surface area contributed by atoms with E-state index in [9.17, 15) is 4.39 Å². The molecule has 2 rings (SSSR count). The van der Waals surface area contributed by atoms with E-state index in [1.54, 1.807) is 6.07 Å². The zero-order valence-electron chi connectivity index (χ0n) is 9.62. The summed E-state index contributed by atoms with van der Waals surface area (Å²) in [5, 5.41) is 0.653. The van der Waals surface area contributed by atoms with E-state index >= 15 is 0 Å². The van der Waals surface area contributed by atoms with Gasteiger partial charge in [-0.15, -0.1) is 0 Å². The summed E-state index contributed by atoms with van der Waals surface area (Å²) >= 11 is 3.29. The lowest BCUT2D eigenvalue weighted by Gasteiger charge is -2.11. The minimum atomic E-state index is -0.297. The van der Waals surface area contributed by atoms with Crippen LogP contribution in [0.5, 0.6) is 5.75 Å². The van der Waals surface area contributed by atoms with Gasteiger partial charge in [0.2, 0.25) is 0 Å². The largest absolute Gasteiger partial charge is 0.490 e. The highest BCUT2D eigenvalue weighted by Crippen LogP contribution is 2.21. The highest BCUT2D eigenvalue weighted by molar-refractivity contribution is 9.08. The maximum Gasteiger partial charge on any atom is 0.165 e. The first-order valence-corrected chi connectivity index (χ1v) is 7.00. The predicted molar refractivity (Wildman–Crippen MR) is 68.1 cm³/mol. The summed E-state index contributed by atoms with van der Waals surface area (Å²) in [4.78, 5) is 0. The molecule has 0 aliphatic carbocycles. The van der Waals surface area contributed by atoms with Crippen LogP contribution in [0.2, 0.25) is 0 Å². The highest BCUT2D eigenvalue weighted by atomic mass is 79.9. The normalized spacial score (nSPS) is 19.5. The minimum Gasteiger partial charge on any atom is -0.490 e. The van der Waals surface area contributed by atoms with Gasteiger partial charge in [-0.25, -0.2) is 4.39 Å². The number of benzene rings is 1. The maximum absolute atomic E-state index is 13.6. The molecule has 94 valence electrons. The van der Waals surface area contributed by atoms with Gasteiger partial charge in [-0.2, -0.15) is 0 Å². The summed E-state index contributed by atoms with van der Waals surface area (Å²) in [6.45, 7) is 1.36. The van der Waals surface area contributed by atoms with Crippen LogP contribution in [0.15, 0.2) is 18.2 Å². The molecule has 1 saturated heterocycles. The van der Waals surface area contributed by atoms with Gasteiger partial charge < -0.3 is 9.47 Å². The fraction of sp³-hybridized carbons (Fsp3) is 0.538. The summed E-state index contributed by atoms with van der Waals surface area (Å²) < 4.78 is 24.5. The smallest absolute Gasteiger partial charge is 0.165 e. The third-order valence-electron chi connectivity index (χ3n) is 2.87. The van der Waals surface area contributed by atoms with E-state index in [1.165, 1.54) is 6.07 Å². The van der Waals surface area contributed by atoms with Crippen molar-refractivity contribution in [2.45, 2.75) is 30.7 Å². The number of ether oxygens (including phenoxy) is 2. The van der Waals surface area contributed by atoms with Gasteiger partial charge in [-0.3, -0.25) is 0 Å². The zero-order chi connectivity index (χ0) is 12.1. The minimum absolute atomic E-state index is 0.292. The molecule has 1 unspecified atom stereocenters. The Kier molecular flexibility index (Phi) is 4.80. The van der Waals surface area contributed by atoms with Crippen LogP contribution in [0.25, 0.3) is 0 Å². The monoisotopic (exact) mass is 302 g/mol. The van der Waals surface area contributed by atoms with Gasteiger partial charge in [0.05, 0.1) is 12.7 Å². The number of rotatable bonds is 5. The van der Waals surface area contributed by atoms with Gasteiger partial charge in [0.15, 0.2) is 11.6 Å². The van der Waals surface area contributed by atoms with Gasteiger partial charge in [-0.1, -0.05) is 22.0 Å². The van der Waals surface area contributed by atoms with Crippen molar-refractivity contribution in [1.82, 2.24) is 0 Å². The Morgan fingerprint density at radius 2 is 2.35 bits per heavy atom. The fourth-order valence-corrected chi connectivity index (χ4v) is 2.27. The first-order chi connectivity index (χ1) is 8.29. The molecule has 1 atom stereocenters. The van der Waals surface area contributed by atoms with Crippen LogP contribution >= 0.6 is 15.9 Å². The molecule has 0 amide bonds. The maximum atomic E-state index is 13.6. The second-order valence-electron chi connectivity index (χ2n) is 4.17. The molecular weight excluding hydrogens is 287 g/mol. The predicted octanol–water partition coefficient (Wildman–Crippen LogP) is 3.67.